The first-order valence-corrected chi connectivity index (χ1v) is 5.57. The van der Waals surface area contributed by atoms with Crippen LogP contribution in [0.4, 0.5) is 5.69 Å². The minimum atomic E-state index is -0.0465. The molecule has 0 radical (unpaired) electrons. The number of nitrogens with one attached hydrogen (secondary N) is 2. The third kappa shape index (κ3) is 1.19. The van der Waals surface area contributed by atoms with Gasteiger partial charge in [-0.1, -0.05) is 13.8 Å². The molecule has 0 spiro atoms. The monoisotopic (exact) mass is 217 g/mol. The fourth-order valence-corrected chi connectivity index (χ4v) is 2.52. The van der Waals surface area contributed by atoms with Crippen molar-refractivity contribution in [2.75, 3.05) is 11.9 Å². The SMILES string of the molecule is CC1(C)CCNc2ccc3cc(=O)[nH]n3c21. The van der Waals surface area contributed by atoms with E-state index in [1.165, 1.54) is 5.69 Å². The Labute approximate surface area is 93.3 Å². The number of aromatic amines is 1. The van der Waals surface area contributed by atoms with E-state index in [0.717, 1.165) is 24.2 Å². The van der Waals surface area contributed by atoms with E-state index in [0.29, 0.717) is 0 Å². The molecule has 0 aliphatic carbocycles. The van der Waals surface area contributed by atoms with Crippen LogP contribution in [0.5, 0.6) is 0 Å². The zero-order chi connectivity index (χ0) is 11.3. The maximum atomic E-state index is 11.4. The van der Waals surface area contributed by atoms with Gasteiger partial charge in [-0.25, -0.2) is 0 Å². The number of H-pyrrole nitrogens is 1. The van der Waals surface area contributed by atoms with Crippen LogP contribution < -0.4 is 10.9 Å². The fourth-order valence-electron chi connectivity index (χ4n) is 2.52. The normalized spacial score (nSPS) is 18.1. The Morgan fingerprint density at radius 1 is 1.38 bits per heavy atom. The second kappa shape index (κ2) is 2.90. The summed E-state index contributed by atoms with van der Waals surface area (Å²) in [6.45, 7) is 5.41. The van der Waals surface area contributed by atoms with Crippen molar-refractivity contribution in [3.05, 3.63) is 34.2 Å². The van der Waals surface area contributed by atoms with Crippen molar-refractivity contribution in [3.8, 4) is 0 Å². The van der Waals surface area contributed by atoms with Crippen LogP contribution in [0, 0.1) is 0 Å². The Bertz CT molecular complexity index is 606. The zero-order valence-corrected chi connectivity index (χ0v) is 9.50. The summed E-state index contributed by atoms with van der Waals surface area (Å²) in [7, 11) is 0. The quantitative estimate of drug-likeness (QED) is 0.706. The van der Waals surface area contributed by atoms with Gasteiger partial charge in [0.25, 0.3) is 5.56 Å². The van der Waals surface area contributed by atoms with Gasteiger partial charge in [-0.15, -0.1) is 0 Å². The van der Waals surface area contributed by atoms with Gasteiger partial charge in [-0.2, -0.15) is 0 Å². The van der Waals surface area contributed by atoms with Gasteiger partial charge in [0.1, 0.15) is 0 Å². The van der Waals surface area contributed by atoms with E-state index in [1.54, 1.807) is 6.07 Å². The summed E-state index contributed by atoms with van der Waals surface area (Å²) in [5, 5.41) is 6.24. The summed E-state index contributed by atoms with van der Waals surface area (Å²) in [5.74, 6) is 0. The molecule has 4 nitrogen and oxygen atoms in total. The smallest absolute Gasteiger partial charge is 0.264 e. The molecule has 4 heteroatoms. The molecule has 16 heavy (non-hydrogen) atoms. The second-order valence-electron chi connectivity index (χ2n) is 5.04. The first-order chi connectivity index (χ1) is 7.58. The molecule has 0 unspecified atom stereocenters. The van der Waals surface area contributed by atoms with Crippen LogP contribution in [0.3, 0.4) is 0 Å². The summed E-state index contributed by atoms with van der Waals surface area (Å²) in [4.78, 5) is 11.4. The molecule has 3 rings (SSSR count). The van der Waals surface area contributed by atoms with Crippen molar-refractivity contribution in [1.82, 2.24) is 9.61 Å². The highest BCUT2D eigenvalue weighted by atomic mass is 16.1. The maximum Gasteiger partial charge on any atom is 0.264 e. The summed E-state index contributed by atoms with van der Waals surface area (Å²) in [5.41, 5.74) is 3.26. The first kappa shape index (κ1) is 9.51. The van der Waals surface area contributed by atoms with Crippen molar-refractivity contribution in [1.29, 1.82) is 0 Å². The fraction of sp³-hybridized carbons (Fsp3) is 0.417. The number of aromatic nitrogens is 2. The van der Waals surface area contributed by atoms with E-state index in [4.69, 9.17) is 0 Å². The molecule has 1 aliphatic rings. The lowest BCUT2D eigenvalue weighted by Crippen LogP contribution is -2.31. The lowest BCUT2D eigenvalue weighted by Gasteiger charge is -2.33. The first-order valence-electron chi connectivity index (χ1n) is 5.57. The summed E-state index contributed by atoms with van der Waals surface area (Å²) in [6.07, 6.45) is 1.07. The Kier molecular flexibility index (Phi) is 1.73. The highest BCUT2D eigenvalue weighted by Crippen LogP contribution is 2.36. The minimum absolute atomic E-state index is 0.0465. The second-order valence-corrected chi connectivity index (χ2v) is 5.04. The van der Waals surface area contributed by atoms with E-state index >= 15 is 0 Å². The van der Waals surface area contributed by atoms with E-state index in [1.807, 2.05) is 10.6 Å². The molecule has 2 aromatic rings. The van der Waals surface area contributed by atoms with E-state index < -0.39 is 0 Å². The predicted molar refractivity (Wildman–Crippen MR) is 64.2 cm³/mol. The number of rotatable bonds is 0. The number of fused-ring (bicyclic) bond motifs is 3. The molecule has 0 atom stereocenters. The van der Waals surface area contributed by atoms with Crippen LogP contribution in [-0.2, 0) is 5.41 Å². The van der Waals surface area contributed by atoms with Gasteiger partial charge in [0.05, 0.1) is 16.9 Å². The standard InChI is InChI=1S/C12H15N3O/c1-12(2)5-6-13-9-4-3-8-7-10(16)14-15(8)11(9)12/h3-4,7,13H,5-6H2,1-2H3,(H,14,16). The Hall–Kier alpha value is -1.71. The Morgan fingerprint density at radius 2 is 2.19 bits per heavy atom. The number of nitrogens with zero attached hydrogens (tertiary/aromatic N) is 1. The van der Waals surface area contributed by atoms with Crippen molar-refractivity contribution in [2.45, 2.75) is 25.7 Å². The summed E-state index contributed by atoms with van der Waals surface area (Å²) in [6, 6.07) is 5.65. The van der Waals surface area contributed by atoms with Gasteiger partial charge in [0.15, 0.2) is 0 Å². The van der Waals surface area contributed by atoms with Crippen LogP contribution in [-0.4, -0.2) is 16.2 Å². The van der Waals surface area contributed by atoms with E-state index in [2.05, 4.69) is 30.3 Å². The van der Waals surface area contributed by atoms with Gasteiger partial charge >= 0.3 is 0 Å². The molecule has 0 aromatic carbocycles. The molecule has 0 bridgehead atoms. The summed E-state index contributed by atoms with van der Waals surface area (Å²) >= 11 is 0. The van der Waals surface area contributed by atoms with Crippen LogP contribution >= 0.6 is 0 Å². The highest BCUT2D eigenvalue weighted by molar-refractivity contribution is 5.61. The van der Waals surface area contributed by atoms with Crippen molar-refractivity contribution in [2.24, 2.45) is 0 Å². The Morgan fingerprint density at radius 3 is 3.00 bits per heavy atom. The lowest BCUT2D eigenvalue weighted by molar-refractivity contribution is 0.454. The lowest BCUT2D eigenvalue weighted by atomic mass is 9.82. The predicted octanol–water partition coefficient (Wildman–Crippen LogP) is 1.72. The molecule has 1 aliphatic heterocycles. The average molecular weight is 217 g/mol. The maximum absolute atomic E-state index is 11.4. The number of anilines is 1. The van der Waals surface area contributed by atoms with E-state index in [9.17, 15) is 4.79 Å². The highest BCUT2D eigenvalue weighted by Gasteiger charge is 2.30. The zero-order valence-electron chi connectivity index (χ0n) is 9.50. The van der Waals surface area contributed by atoms with Gasteiger partial charge in [-0.3, -0.25) is 14.4 Å². The van der Waals surface area contributed by atoms with Gasteiger partial charge in [0.2, 0.25) is 0 Å². The largest absolute Gasteiger partial charge is 0.384 e. The minimum Gasteiger partial charge on any atom is -0.384 e. The Balaban J connectivity index is 2.43. The molecule has 2 N–H and O–H groups in total. The average Bonchev–Trinajstić information content (AvgIpc) is 2.56. The van der Waals surface area contributed by atoms with Gasteiger partial charge < -0.3 is 5.32 Å². The molecular formula is C12H15N3O. The molecule has 2 aromatic heterocycles. The molecule has 3 heterocycles. The van der Waals surface area contributed by atoms with Crippen LogP contribution in [0.25, 0.3) is 5.52 Å². The molecule has 84 valence electrons. The third-order valence-electron chi connectivity index (χ3n) is 3.37. The summed E-state index contributed by atoms with van der Waals surface area (Å²) < 4.78 is 1.91. The molecule has 0 amide bonds. The molecule has 0 saturated carbocycles. The molecular weight excluding hydrogens is 202 g/mol. The van der Waals surface area contributed by atoms with Crippen molar-refractivity contribution < 1.29 is 0 Å². The molecule has 0 saturated heterocycles. The van der Waals surface area contributed by atoms with Crippen molar-refractivity contribution in [3.63, 3.8) is 0 Å². The number of hydrogen-bond donors (Lipinski definition) is 2. The topological polar surface area (TPSA) is 49.3 Å². The van der Waals surface area contributed by atoms with Crippen LogP contribution in [0.1, 0.15) is 26.0 Å². The third-order valence-corrected chi connectivity index (χ3v) is 3.37. The van der Waals surface area contributed by atoms with Crippen LogP contribution in [0.2, 0.25) is 0 Å². The van der Waals surface area contributed by atoms with Gasteiger partial charge in [-0.05, 0) is 18.6 Å². The van der Waals surface area contributed by atoms with Crippen LogP contribution in [0.15, 0.2) is 23.0 Å². The van der Waals surface area contributed by atoms with E-state index in [-0.39, 0.29) is 11.0 Å². The van der Waals surface area contributed by atoms with Gasteiger partial charge in [0, 0.05) is 18.0 Å². The number of hydrogen-bond acceptors (Lipinski definition) is 2. The molecule has 0 fully saturated rings. The number of pyridine rings is 1. The van der Waals surface area contributed by atoms with Crippen molar-refractivity contribution >= 4 is 11.2 Å².